The Labute approximate surface area is 226 Å². The maximum atomic E-state index is 13.1. The molecule has 1 aromatic heterocycles. The molecule has 3 fully saturated rings. The van der Waals surface area contributed by atoms with Crippen LogP contribution in [0.1, 0.15) is 50.0 Å². The number of aryl methyl sites for hydroxylation is 1. The number of nitrogens with one attached hydrogen (secondary N) is 1. The number of sulfonamides is 1. The number of likely N-dealkylation sites (tertiary alicyclic amines) is 1. The zero-order valence-electron chi connectivity index (χ0n) is 21.9. The highest BCUT2D eigenvalue weighted by Crippen LogP contribution is 2.37. The zero-order valence-corrected chi connectivity index (χ0v) is 22.7. The molecule has 2 aliphatic heterocycles. The van der Waals surface area contributed by atoms with Crippen LogP contribution in [-0.4, -0.2) is 79.6 Å². The highest BCUT2D eigenvalue weighted by molar-refractivity contribution is 7.90. The van der Waals surface area contributed by atoms with Crippen LogP contribution < -0.4 is 4.72 Å². The number of hydrogen-bond acceptors (Lipinski definition) is 6. The number of ether oxygens (including phenoxy) is 2. The van der Waals surface area contributed by atoms with Gasteiger partial charge in [0.05, 0.1) is 36.4 Å². The molecule has 3 atom stereocenters. The molecule has 3 aliphatic rings. The first-order valence-electron chi connectivity index (χ1n) is 13.5. The molecule has 1 amide bonds. The van der Waals surface area contributed by atoms with Gasteiger partial charge in [0.1, 0.15) is 0 Å². The molecular formula is C26H35F3N4O5S. The lowest BCUT2D eigenvalue weighted by Gasteiger charge is -2.40. The van der Waals surface area contributed by atoms with Crippen LogP contribution in [0, 0.1) is 11.8 Å². The summed E-state index contributed by atoms with van der Waals surface area (Å²) >= 11 is 0. The molecule has 1 N–H and O–H groups in total. The molecule has 3 heterocycles. The molecule has 5 rings (SSSR count). The summed E-state index contributed by atoms with van der Waals surface area (Å²) in [4.78, 5) is 14.5. The number of fused-ring (bicyclic) bond motifs is 1. The monoisotopic (exact) mass is 572 g/mol. The molecule has 9 nitrogen and oxygen atoms in total. The van der Waals surface area contributed by atoms with Gasteiger partial charge in [-0.25, -0.2) is 13.1 Å². The molecule has 39 heavy (non-hydrogen) atoms. The fourth-order valence-electron chi connectivity index (χ4n) is 6.03. The molecule has 1 saturated carbocycles. The minimum absolute atomic E-state index is 0.0425. The van der Waals surface area contributed by atoms with Crippen molar-refractivity contribution in [2.45, 2.75) is 62.1 Å². The van der Waals surface area contributed by atoms with Crippen LogP contribution in [-0.2, 0) is 31.3 Å². The normalized spacial score (nSPS) is 28.7. The predicted octanol–water partition coefficient (Wildman–Crippen LogP) is 3.31. The number of carbonyl (C=O) groups is 1. The molecule has 13 heteroatoms. The van der Waals surface area contributed by atoms with Crippen LogP contribution in [0.5, 0.6) is 0 Å². The summed E-state index contributed by atoms with van der Waals surface area (Å²) in [5.74, 6) is 0.214. The average Bonchev–Trinajstić information content (AvgIpc) is 3.57. The summed E-state index contributed by atoms with van der Waals surface area (Å²) in [5.41, 5.74) is -3.06. The number of nitrogens with zero attached hydrogens (tertiary/aromatic N) is 3. The van der Waals surface area contributed by atoms with Crippen LogP contribution >= 0.6 is 0 Å². The quantitative estimate of drug-likeness (QED) is 0.546. The van der Waals surface area contributed by atoms with Gasteiger partial charge in [0.2, 0.25) is 5.91 Å². The average molecular weight is 573 g/mol. The topological polar surface area (TPSA) is 103 Å². The van der Waals surface area contributed by atoms with E-state index in [1.807, 2.05) is 17.9 Å². The summed E-state index contributed by atoms with van der Waals surface area (Å²) in [6, 6.07) is 5.35. The van der Waals surface area contributed by atoms with Crippen molar-refractivity contribution in [2.24, 2.45) is 18.9 Å². The van der Waals surface area contributed by atoms with Crippen molar-refractivity contribution in [1.82, 2.24) is 19.4 Å². The van der Waals surface area contributed by atoms with E-state index in [0.717, 1.165) is 36.6 Å². The molecule has 1 unspecified atom stereocenters. The second-order valence-corrected chi connectivity index (χ2v) is 12.7. The number of benzene rings is 1. The molecule has 0 radical (unpaired) electrons. The van der Waals surface area contributed by atoms with Gasteiger partial charge in [0.15, 0.2) is 0 Å². The van der Waals surface area contributed by atoms with Crippen LogP contribution in [0.3, 0.4) is 0 Å². The van der Waals surface area contributed by atoms with E-state index >= 15 is 0 Å². The molecular weight excluding hydrogens is 537 g/mol. The van der Waals surface area contributed by atoms with E-state index in [9.17, 15) is 26.4 Å². The van der Waals surface area contributed by atoms with Gasteiger partial charge in [-0.1, -0.05) is 6.07 Å². The SMILES string of the molecule is Cn1ncc2cc(C3CCC(CO[C@@H]4CN(C(=O)C5CCOC5)CC[C@@H]4NS(=O)(=O)C(F)(F)F)CC3)ccc21. The van der Waals surface area contributed by atoms with Crippen LogP contribution in [0.15, 0.2) is 24.4 Å². The van der Waals surface area contributed by atoms with Gasteiger partial charge in [0, 0.05) is 38.7 Å². The fourth-order valence-corrected chi connectivity index (χ4v) is 6.83. The summed E-state index contributed by atoms with van der Waals surface area (Å²) in [7, 11) is -3.63. The molecule has 216 valence electrons. The Morgan fingerprint density at radius 3 is 2.64 bits per heavy atom. The largest absolute Gasteiger partial charge is 0.511 e. The van der Waals surface area contributed by atoms with Crippen molar-refractivity contribution in [3.8, 4) is 0 Å². The van der Waals surface area contributed by atoms with Crippen molar-refractivity contribution in [2.75, 3.05) is 32.9 Å². The van der Waals surface area contributed by atoms with Gasteiger partial charge < -0.3 is 14.4 Å². The lowest BCUT2D eigenvalue weighted by atomic mass is 9.79. The Kier molecular flexibility index (Phi) is 8.23. The number of hydrogen-bond donors (Lipinski definition) is 1. The third-order valence-electron chi connectivity index (χ3n) is 8.40. The summed E-state index contributed by atoms with van der Waals surface area (Å²) in [6.07, 6.45) is 5.34. The Morgan fingerprint density at radius 1 is 1.18 bits per heavy atom. The molecule has 1 aliphatic carbocycles. The summed E-state index contributed by atoms with van der Waals surface area (Å²) < 4.78 is 78.0. The van der Waals surface area contributed by atoms with Gasteiger partial charge in [-0.2, -0.15) is 18.3 Å². The number of rotatable bonds is 7. The van der Waals surface area contributed by atoms with Gasteiger partial charge in [-0.05, 0) is 68.1 Å². The van der Waals surface area contributed by atoms with Gasteiger partial charge in [0.25, 0.3) is 0 Å². The summed E-state index contributed by atoms with van der Waals surface area (Å²) in [6.45, 7) is 1.32. The second-order valence-electron chi connectivity index (χ2n) is 11.0. The van der Waals surface area contributed by atoms with E-state index in [2.05, 4.69) is 23.3 Å². The van der Waals surface area contributed by atoms with E-state index in [-0.39, 0.29) is 37.3 Å². The first-order valence-corrected chi connectivity index (χ1v) is 15.0. The van der Waals surface area contributed by atoms with Crippen molar-refractivity contribution >= 4 is 26.8 Å². The Bertz CT molecular complexity index is 1270. The van der Waals surface area contributed by atoms with Crippen LogP contribution in [0.25, 0.3) is 10.9 Å². The number of aromatic nitrogens is 2. The van der Waals surface area contributed by atoms with Crippen molar-refractivity contribution < 1.29 is 35.9 Å². The van der Waals surface area contributed by atoms with Crippen molar-refractivity contribution in [3.05, 3.63) is 30.0 Å². The minimum Gasteiger partial charge on any atom is -0.381 e. The number of amides is 1. The first kappa shape index (κ1) is 28.3. The van der Waals surface area contributed by atoms with Crippen LogP contribution in [0.4, 0.5) is 13.2 Å². The second kappa shape index (κ2) is 11.3. The smallest absolute Gasteiger partial charge is 0.381 e. The van der Waals surface area contributed by atoms with Crippen LogP contribution in [0.2, 0.25) is 0 Å². The van der Waals surface area contributed by atoms with E-state index < -0.39 is 27.7 Å². The van der Waals surface area contributed by atoms with E-state index in [0.29, 0.717) is 32.2 Å². The number of halogens is 3. The zero-order chi connectivity index (χ0) is 27.8. The number of carbonyl (C=O) groups excluding carboxylic acids is 1. The lowest BCUT2D eigenvalue weighted by molar-refractivity contribution is -0.141. The Balaban J connectivity index is 1.20. The lowest BCUT2D eigenvalue weighted by Crippen LogP contribution is -2.58. The third-order valence-corrected chi connectivity index (χ3v) is 9.62. The Hall–Kier alpha value is -2.22. The standard InChI is InChI=1S/C26H35F3N4O5S/c1-32-23-7-6-19(12-21(23)13-30-32)18-4-2-17(3-5-18)15-38-24-14-33(25(34)20-9-11-37-16-20)10-8-22(24)31-39(35,36)26(27,28)29/h6-7,12-13,17-18,20,22,24,31H,2-5,8-11,14-16H2,1H3/t17?,18?,20?,22-,24+/m0/s1. The van der Waals surface area contributed by atoms with Gasteiger partial charge in [-0.3, -0.25) is 9.48 Å². The van der Waals surface area contributed by atoms with Gasteiger partial charge in [-0.15, -0.1) is 0 Å². The predicted molar refractivity (Wildman–Crippen MR) is 137 cm³/mol. The third kappa shape index (κ3) is 6.26. The maximum Gasteiger partial charge on any atom is 0.511 e. The highest BCUT2D eigenvalue weighted by atomic mass is 32.2. The van der Waals surface area contributed by atoms with Crippen molar-refractivity contribution in [1.29, 1.82) is 0 Å². The van der Waals surface area contributed by atoms with E-state index in [4.69, 9.17) is 9.47 Å². The van der Waals surface area contributed by atoms with E-state index in [1.54, 1.807) is 9.62 Å². The fraction of sp³-hybridized carbons (Fsp3) is 0.692. The van der Waals surface area contributed by atoms with E-state index in [1.165, 1.54) is 5.56 Å². The molecule has 2 aromatic rings. The molecule has 2 saturated heterocycles. The maximum absolute atomic E-state index is 13.1. The summed E-state index contributed by atoms with van der Waals surface area (Å²) in [5, 5.41) is 5.41. The molecule has 0 spiro atoms. The molecule has 1 aromatic carbocycles. The first-order chi connectivity index (χ1) is 18.5. The van der Waals surface area contributed by atoms with Gasteiger partial charge >= 0.3 is 15.5 Å². The molecule has 0 bridgehead atoms. The number of alkyl halides is 3. The van der Waals surface area contributed by atoms with Crippen molar-refractivity contribution in [3.63, 3.8) is 0 Å². The Morgan fingerprint density at radius 2 is 1.95 bits per heavy atom. The highest BCUT2D eigenvalue weighted by Gasteiger charge is 2.49. The number of piperidine rings is 1. The minimum atomic E-state index is -5.54.